The molecule has 1 aromatic carbocycles. The molecule has 1 aromatic rings. The van der Waals surface area contributed by atoms with Crippen LogP contribution in [-0.2, 0) is 4.79 Å². The second-order valence-corrected chi connectivity index (χ2v) is 5.77. The van der Waals surface area contributed by atoms with Gasteiger partial charge in [-0.25, -0.2) is 0 Å². The summed E-state index contributed by atoms with van der Waals surface area (Å²) in [6, 6.07) is 7.36. The summed E-state index contributed by atoms with van der Waals surface area (Å²) in [6.45, 7) is 2.70. The number of aliphatic carboxylic acids is 1. The highest BCUT2D eigenvalue weighted by Gasteiger charge is 2.37. The molecule has 0 spiro atoms. The van der Waals surface area contributed by atoms with Crippen LogP contribution in [0.4, 0.5) is 0 Å². The van der Waals surface area contributed by atoms with E-state index in [1.54, 1.807) is 11.0 Å². The van der Waals surface area contributed by atoms with Crippen LogP contribution in [0.5, 0.6) is 0 Å². The van der Waals surface area contributed by atoms with E-state index in [-0.39, 0.29) is 11.8 Å². The van der Waals surface area contributed by atoms with E-state index in [0.29, 0.717) is 18.7 Å². The Bertz CT molecular complexity index is 489. The molecule has 1 N–H and O–H groups in total. The van der Waals surface area contributed by atoms with E-state index < -0.39 is 11.9 Å². The molecule has 2 unspecified atom stereocenters. The average Bonchev–Trinajstić information content (AvgIpc) is 2.71. The van der Waals surface area contributed by atoms with E-state index in [9.17, 15) is 9.59 Å². The number of hydrogen-bond acceptors (Lipinski definition) is 2. The molecule has 1 heterocycles. The number of amides is 1. The first-order valence-electron chi connectivity index (χ1n) is 5.77. The molecule has 18 heavy (non-hydrogen) atoms. The van der Waals surface area contributed by atoms with Crippen molar-refractivity contribution in [3.63, 3.8) is 0 Å². The molecule has 0 aromatic heterocycles. The topological polar surface area (TPSA) is 57.6 Å². The summed E-state index contributed by atoms with van der Waals surface area (Å²) in [6.07, 6.45) is 0. The van der Waals surface area contributed by atoms with Gasteiger partial charge in [-0.2, -0.15) is 0 Å². The zero-order valence-electron chi connectivity index (χ0n) is 9.97. The van der Waals surface area contributed by atoms with Crippen molar-refractivity contribution in [1.29, 1.82) is 0 Å². The Labute approximate surface area is 119 Å². The van der Waals surface area contributed by atoms with Crippen LogP contribution >= 0.6 is 22.6 Å². The van der Waals surface area contributed by atoms with Crippen LogP contribution in [-0.4, -0.2) is 35.0 Å². The van der Waals surface area contributed by atoms with Crippen LogP contribution in [0.1, 0.15) is 17.3 Å². The van der Waals surface area contributed by atoms with Gasteiger partial charge in [0, 0.05) is 16.7 Å². The molecule has 0 aliphatic carbocycles. The van der Waals surface area contributed by atoms with Crippen molar-refractivity contribution in [2.75, 3.05) is 13.1 Å². The monoisotopic (exact) mass is 359 g/mol. The fourth-order valence-corrected chi connectivity index (χ4v) is 2.88. The minimum absolute atomic E-state index is 0.00724. The molecule has 1 amide bonds. The van der Waals surface area contributed by atoms with Crippen molar-refractivity contribution in [1.82, 2.24) is 4.90 Å². The Hall–Kier alpha value is -1.11. The maximum absolute atomic E-state index is 12.3. The number of likely N-dealkylation sites (tertiary alicyclic amines) is 1. The number of benzene rings is 1. The van der Waals surface area contributed by atoms with Crippen molar-refractivity contribution in [2.24, 2.45) is 11.8 Å². The van der Waals surface area contributed by atoms with Crippen molar-refractivity contribution in [3.05, 3.63) is 33.4 Å². The van der Waals surface area contributed by atoms with Gasteiger partial charge in [-0.3, -0.25) is 9.59 Å². The zero-order valence-corrected chi connectivity index (χ0v) is 12.1. The van der Waals surface area contributed by atoms with E-state index in [2.05, 4.69) is 22.6 Å². The molecule has 1 aliphatic rings. The molecule has 96 valence electrons. The van der Waals surface area contributed by atoms with Crippen molar-refractivity contribution < 1.29 is 14.7 Å². The third kappa shape index (κ3) is 2.50. The first-order valence-corrected chi connectivity index (χ1v) is 6.85. The Morgan fingerprint density at radius 2 is 2.00 bits per heavy atom. The number of halogens is 1. The van der Waals surface area contributed by atoms with Crippen LogP contribution < -0.4 is 0 Å². The molecular weight excluding hydrogens is 345 g/mol. The summed E-state index contributed by atoms with van der Waals surface area (Å²) in [5.41, 5.74) is 0.649. The zero-order chi connectivity index (χ0) is 13.3. The number of carbonyl (C=O) groups is 2. The molecule has 1 aliphatic heterocycles. The summed E-state index contributed by atoms with van der Waals surface area (Å²) in [5, 5.41) is 9.07. The molecule has 1 fully saturated rings. The SMILES string of the molecule is CC1CN(C(=O)c2ccccc2I)CC1C(=O)O. The van der Waals surface area contributed by atoms with Crippen molar-refractivity contribution >= 4 is 34.5 Å². The molecule has 0 radical (unpaired) electrons. The quantitative estimate of drug-likeness (QED) is 0.823. The number of rotatable bonds is 2. The third-order valence-electron chi connectivity index (χ3n) is 3.32. The van der Waals surface area contributed by atoms with E-state index in [0.717, 1.165) is 3.57 Å². The van der Waals surface area contributed by atoms with Gasteiger partial charge in [0.1, 0.15) is 0 Å². The number of carboxylic acid groups (broad SMARTS) is 1. The summed E-state index contributed by atoms with van der Waals surface area (Å²) < 4.78 is 0.895. The first-order chi connectivity index (χ1) is 8.50. The standard InChI is InChI=1S/C13H14INO3/c1-8-6-15(7-10(8)13(17)18)12(16)9-4-2-3-5-11(9)14/h2-5,8,10H,6-7H2,1H3,(H,17,18). The Morgan fingerprint density at radius 1 is 1.33 bits per heavy atom. The minimum Gasteiger partial charge on any atom is -0.481 e. The van der Waals surface area contributed by atoms with Crippen LogP contribution in [0.15, 0.2) is 24.3 Å². The first kappa shape index (κ1) is 13.3. The molecule has 2 rings (SSSR count). The van der Waals surface area contributed by atoms with Gasteiger partial charge in [0.25, 0.3) is 5.91 Å². The lowest BCUT2D eigenvalue weighted by Crippen LogP contribution is -2.30. The fraction of sp³-hybridized carbons (Fsp3) is 0.385. The summed E-state index contributed by atoms with van der Waals surface area (Å²) >= 11 is 2.12. The highest BCUT2D eigenvalue weighted by atomic mass is 127. The number of carbonyl (C=O) groups excluding carboxylic acids is 1. The molecule has 1 saturated heterocycles. The molecule has 0 bridgehead atoms. The van der Waals surface area contributed by atoms with Crippen LogP contribution in [0.25, 0.3) is 0 Å². The summed E-state index contributed by atoms with van der Waals surface area (Å²) in [4.78, 5) is 25.0. The van der Waals surface area contributed by atoms with Gasteiger partial charge >= 0.3 is 5.97 Å². The predicted octanol–water partition coefficient (Wildman–Crippen LogP) is 2.08. The molecular formula is C13H14INO3. The predicted molar refractivity (Wildman–Crippen MR) is 75.4 cm³/mol. The second-order valence-electron chi connectivity index (χ2n) is 4.61. The van der Waals surface area contributed by atoms with Crippen LogP contribution in [0, 0.1) is 15.4 Å². The lowest BCUT2D eigenvalue weighted by Gasteiger charge is -2.16. The molecule has 2 atom stereocenters. The maximum atomic E-state index is 12.3. The van der Waals surface area contributed by atoms with E-state index in [4.69, 9.17) is 5.11 Å². The van der Waals surface area contributed by atoms with E-state index in [1.807, 2.05) is 25.1 Å². The normalized spacial score (nSPS) is 23.1. The van der Waals surface area contributed by atoms with Gasteiger partial charge in [0.05, 0.1) is 11.5 Å². The molecule has 0 saturated carbocycles. The van der Waals surface area contributed by atoms with Crippen molar-refractivity contribution in [3.8, 4) is 0 Å². The highest BCUT2D eigenvalue weighted by molar-refractivity contribution is 14.1. The molecule has 5 heteroatoms. The lowest BCUT2D eigenvalue weighted by atomic mass is 9.99. The summed E-state index contributed by atoms with van der Waals surface area (Å²) in [7, 11) is 0. The van der Waals surface area contributed by atoms with Gasteiger partial charge < -0.3 is 10.0 Å². The number of carboxylic acids is 1. The number of hydrogen-bond donors (Lipinski definition) is 1. The van der Waals surface area contributed by atoms with Gasteiger partial charge in [-0.15, -0.1) is 0 Å². The smallest absolute Gasteiger partial charge is 0.308 e. The lowest BCUT2D eigenvalue weighted by molar-refractivity contribution is -0.142. The highest BCUT2D eigenvalue weighted by Crippen LogP contribution is 2.25. The second kappa shape index (κ2) is 5.26. The average molecular weight is 359 g/mol. The summed E-state index contributed by atoms with van der Waals surface area (Å²) in [5.74, 6) is -1.33. The van der Waals surface area contributed by atoms with Gasteiger partial charge in [-0.1, -0.05) is 19.1 Å². The molecule has 4 nitrogen and oxygen atoms in total. The Balaban J connectivity index is 2.17. The minimum atomic E-state index is -0.819. The Kier molecular flexibility index (Phi) is 3.89. The maximum Gasteiger partial charge on any atom is 0.308 e. The van der Waals surface area contributed by atoms with Crippen LogP contribution in [0.3, 0.4) is 0 Å². The third-order valence-corrected chi connectivity index (χ3v) is 4.26. The van der Waals surface area contributed by atoms with Gasteiger partial charge in [0.2, 0.25) is 0 Å². The van der Waals surface area contributed by atoms with E-state index in [1.165, 1.54) is 0 Å². The fourth-order valence-electron chi connectivity index (χ4n) is 2.26. The van der Waals surface area contributed by atoms with Crippen LogP contribution in [0.2, 0.25) is 0 Å². The number of nitrogens with zero attached hydrogens (tertiary/aromatic N) is 1. The largest absolute Gasteiger partial charge is 0.481 e. The van der Waals surface area contributed by atoms with E-state index >= 15 is 0 Å². The van der Waals surface area contributed by atoms with Crippen molar-refractivity contribution in [2.45, 2.75) is 6.92 Å². The van der Waals surface area contributed by atoms with Gasteiger partial charge in [-0.05, 0) is 40.6 Å². The van der Waals surface area contributed by atoms with Gasteiger partial charge in [0.15, 0.2) is 0 Å². The Morgan fingerprint density at radius 3 is 2.56 bits per heavy atom.